The van der Waals surface area contributed by atoms with Crippen LogP contribution >= 0.6 is 0 Å². The van der Waals surface area contributed by atoms with Crippen molar-refractivity contribution in [3.05, 3.63) is 0 Å². The first-order valence-corrected chi connectivity index (χ1v) is 4.66. The van der Waals surface area contributed by atoms with Crippen molar-refractivity contribution in [2.24, 2.45) is 0 Å². The van der Waals surface area contributed by atoms with Crippen LogP contribution in [0.4, 0.5) is 0 Å². The zero-order chi connectivity index (χ0) is 10.5. The molecule has 4 atom stereocenters. The fourth-order valence-electron chi connectivity index (χ4n) is 1.97. The van der Waals surface area contributed by atoms with E-state index in [9.17, 15) is 15.0 Å². The van der Waals surface area contributed by atoms with Crippen LogP contribution in [0.2, 0.25) is 0 Å². The van der Waals surface area contributed by atoms with Crippen molar-refractivity contribution < 1.29 is 24.5 Å². The van der Waals surface area contributed by atoms with Gasteiger partial charge in [-0.05, 0) is 13.8 Å². The number of carbonyl (C=O) groups excluding carboxylic acids is 1. The van der Waals surface area contributed by atoms with Gasteiger partial charge in [0.25, 0.3) is 0 Å². The lowest BCUT2D eigenvalue weighted by atomic mass is 9.89. The maximum absolute atomic E-state index is 11.5. The fourth-order valence-corrected chi connectivity index (χ4v) is 1.97. The third-order valence-corrected chi connectivity index (χ3v) is 2.59. The largest absolute Gasteiger partial charge is 0.390 e. The van der Waals surface area contributed by atoms with Gasteiger partial charge in [-0.1, -0.05) is 0 Å². The Morgan fingerprint density at radius 1 is 1.36 bits per heavy atom. The van der Waals surface area contributed by atoms with E-state index in [0.717, 1.165) is 0 Å². The molecule has 0 radical (unpaired) electrons. The van der Waals surface area contributed by atoms with Crippen LogP contribution in [-0.4, -0.2) is 46.2 Å². The second-order valence-electron chi connectivity index (χ2n) is 4.24. The smallest absolute Gasteiger partial charge is 0.195 e. The number of ether oxygens (including phenoxy) is 2. The molecule has 5 heteroatoms. The van der Waals surface area contributed by atoms with Crippen LogP contribution in [0.25, 0.3) is 0 Å². The summed E-state index contributed by atoms with van der Waals surface area (Å²) in [6.07, 6.45) is -3.31. The quantitative estimate of drug-likeness (QED) is 0.538. The highest BCUT2D eigenvalue weighted by atomic mass is 16.8. The zero-order valence-electron chi connectivity index (χ0n) is 8.14. The topological polar surface area (TPSA) is 76.0 Å². The molecule has 0 aromatic carbocycles. The van der Waals surface area contributed by atoms with Gasteiger partial charge in [-0.3, -0.25) is 4.79 Å². The third kappa shape index (κ3) is 1.46. The first kappa shape index (κ1) is 10.0. The molecule has 0 aromatic rings. The van der Waals surface area contributed by atoms with Gasteiger partial charge in [-0.25, -0.2) is 0 Å². The van der Waals surface area contributed by atoms with Gasteiger partial charge in [0.15, 0.2) is 11.6 Å². The number of hydrogen-bond donors (Lipinski definition) is 2. The summed E-state index contributed by atoms with van der Waals surface area (Å²) in [7, 11) is 0. The number of rotatable bonds is 0. The highest BCUT2D eigenvalue weighted by Crippen LogP contribution is 2.35. The van der Waals surface area contributed by atoms with Crippen LogP contribution in [-0.2, 0) is 14.3 Å². The Balaban J connectivity index is 2.19. The maximum Gasteiger partial charge on any atom is 0.195 e. The van der Waals surface area contributed by atoms with Gasteiger partial charge in [0.05, 0.1) is 12.2 Å². The SMILES string of the molecule is CC1(C)O[C@H]2C[C@@H](O)C(O)C(=O)[C@H]2O1. The summed E-state index contributed by atoms with van der Waals surface area (Å²) in [5.41, 5.74) is 0. The molecule has 1 aliphatic carbocycles. The Morgan fingerprint density at radius 3 is 2.64 bits per heavy atom. The molecular weight excluding hydrogens is 188 g/mol. The Bertz CT molecular complexity index is 262. The maximum atomic E-state index is 11.5. The van der Waals surface area contributed by atoms with Crippen LogP contribution in [0.1, 0.15) is 20.3 Å². The average Bonchev–Trinajstić information content (AvgIpc) is 2.37. The van der Waals surface area contributed by atoms with E-state index in [-0.39, 0.29) is 6.42 Å². The number of aliphatic hydroxyl groups is 2. The van der Waals surface area contributed by atoms with Gasteiger partial charge in [0, 0.05) is 6.42 Å². The summed E-state index contributed by atoms with van der Waals surface area (Å²) in [6, 6.07) is 0. The van der Waals surface area contributed by atoms with Crippen LogP contribution in [0, 0.1) is 0 Å². The number of aliphatic hydroxyl groups excluding tert-OH is 2. The molecule has 1 saturated heterocycles. The summed E-state index contributed by atoms with van der Waals surface area (Å²) < 4.78 is 10.8. The second-order valence-corrected chi connectivity index (χ2v) is 4.24. The van der Waals surface area contributed by atoms with Crippen LogP contribution in [0.15, 0.2) is 0 Å². The van der Waals surface area contributed by atoms with E-state index in [1.807, 2.05) is 0 Å². The third-order valence-electron chi connectivity index (χ3n) is 2.59. The number of carbonyl (C=O) groups is 1. The molecule has 5 nitrogen and oxygen atoms in total. The Hall–Kier alpha value is -0.490. The lowest BCUT2D eigenvalue weighted by molar-refractivity contribution is -0.158. The summed E-state index contributed by atoms with van der Waals surface area (Å²) in [4.78, 5) is 11.5. The van der Waals surface area contributed by atoms with Crippen molar-refractivity contribution in [1.29, 1.82) is 0 Å². The molecule has 1 saturated carbocycles. The van der Waals surface area contributed by atoms with Crippen LogP contribution < -0.4 is 0 Å². The molecule has 0 amide bonds. The van der Waals surface area contributed by atoms with E-state index in [1.54, 1.807) is 13.8 Å². The van der Waals surface area contributed by atoms with E-state index < -0.39 is 36.0 Å². The molecule has 0 aromatic heterocycles. The lowest BCUT2D eigenvalue weighted by Crippen LogP contribution is -2.51. The minimum atomic E-state index is -1.34. The highest BCUT2D eigenvalue weighted by Gasteiger charge is 2.52. The number of fused-ring (bicyclic) bond motifs is 1. The van der Waals surface area contributed by atoms with E-state index in [4.69, 9.17) is 9.47 Å². The Labute approximate surface area is 81.6 Å². The predicted octanol–water partition coefficient (Wildman–Crippen LogP) is -0.799. The van der Waals surface area contributed by atoms with Crippen molar-refractivity contribution >= 4 is 5.78 Å². The molecule has 2 fully saturated rings. The van der Waals surface area contributed by atoms with Gasteiger partial charge in [-0.2, -0.15) is 0 Å². The summed E-state index contributed by atoms with van der Waals surface area (Å²) in [6.45, 7) is 3.41. The molecule has 80 valence electrons. The van der Waals surface area contributed by atoms with Crippen molar-refractivity contribution in [1.82, 2.24) is 0 Å². The molecule has 1 heterocycles. The van der Waals surface area contributed by atoms with Gasteiger partial charge >= 0.3 is 0 Å². The van der Waals surface area contributed by atoms with Gasteiger partial charge in [0.2, 0.25) is 0 Å². The number of hydrogen-bond acceptors (Lipinski definition) is 5. The summed E-state index contributed by atoms with van der Waals surface area (Å²) >= 11 is 0. The van der Waals surface area contributed by atoms with E-state index in [1.165, 1.54) is 0 Å². The van der Waals surface area contributed by atoms with Crippen molar-refractivity contribution in [3.8, 4) is 0 Å². The monoisotopic (exact) mass is 202 g/mol. The molecular formula is C9H14O5. The molecule has 14 heavy (non-hydrogen) atoms. The standard InChI is InChI=1S/C9H14O5/c1-9(2)13-5-3-4(10)6(11)7(12)8(5)14-9/h4-6,8,10-11H,3H2,1-2H3/t4-,5+,6?,8+/m1/s1. The molecule has 2 aliphatic rings. The Morgan fingerprint density at radius 2 is 2.00 bits per heavy atom. The Kier molecular flexibility index (Phi) is 2.15. The summed E-state index contributed by atoms with van der Waals surface area (Å²) in [5.74, 6) is -1.30. The van der Waals surface area contributed by atoms with Crippen molar-refractivity contribution in [2.45, 2.75) is 50.5 Å². The van der Waals surface area contributed by atoms with Crippen molar-refractivity contribution in [2.75, 3.05) is 0 Å². The van der Waals surface area contributed by atoms with Gasteiger partial charge in [0.1, 0.15) is 12.2 Å². The first-order valence-electron chi connectivity index (χ1n) is 4.66. The minimum Gasteiger partial charge on any atom is -0.390 e. The molecule has 1 unspecified atom stereocenters. The van der Waals surface area contributed by atoms with Crippen LogP contribution in [0.5, 0.6) is 0 Å². The highest BCUT2D eigenvalue weighted by molar-refractivity contribution is 5.89. The fraction of sp³-hybridized carbons (Fsp3) is 0.889. The van der Waals surface area contributed by atoms with Gasteiger partial charge in [-0.15, -0.1) is 0 Å². The zero-order valence-corrected chi connectivity index (χ0v) is 8.14. The van der Waals surface area contributed by atoms with E-state index in [2.05, 4.69) is 0 Å². The van der Waals surface area contributed by atoms with Gasteiger partial charge < -0.3 is 19.7 Å². The predicted molar refractivity (Wildman–Crippen MR) is 45.5 cm³/mol. The van der Waals surface area contributed by atoms with Crippen LogP contribution in [0.3, 0.4) is 0 Å². The molecule has 0 spiro atoms. The normalized spacial score (nSPS) is 46.4. The summed E-state index contributed by atoms with van der Waals surface area (Å²) in [5, 5.41) is 18.7. The molecule has 0 bridgehead atoms. The van der Waals surface area contributed by atoms with E-state index in [0.29, 0.717) is 0 Å². The van der Waals surface area contributed by atoms with Crippen molar-refractivity contribution in [3.63, 3.8) is 0 Å². The second kappa shape index (κ2) is 3.00. The number of Topliss-reactive ketones (excluding diaryl/α,β-unsaturated/α-hetero) is 1. The minimum absolute atomic E-state index is 0.237. The molecule has 2 N–H and O–H groups in total. The number of ketones is 1. The van der Waals surface area contributed by atoms with E-state index >= 15 is 0 Å². The molecule has 2 rings (SSSR count). The molecule has 1 aliphatic heterocycles. The lowest BCUT2D eigenvalue weighted by Gasteiger charge is -2.28. The average molecular weight is 202 g/mol. The first-order chi connectivity index (χ1) is 6.41.